The fraction of sp³-hybridized carbons (Fsp3) is 0.455. The Morgan fingerprint density at radius 1 is 1.20 bits per heavy atom. The van der Waals surface area contributed by atoms with Crippen molar-refractivity contribution in [3.63, 3.8) is 0 Å². The number of nitrogens with two attached hydrogens (primary N) is 1. The summed E-state index contributed by atoms with van der Waals surface area (Å²) in [6.07, 6.45) is 0. The highest BCUT2D eigenvalue weighted by Gasteiger charge is 2.21. The molecule has 20 heavy (non-hydrogen) atoms. The minimum atomic E-state index is -3.83. The first kappa shape index (κ1) is 16.9. The third-order valence-corrected chi connectivity index (χ3v) is 6.23. The molecule has 1 rings (SSSR count). The van der Waals surface area contributed by atoms with Crippen LogP contribution in [0.15, 0.2) is 23.1 Å². The van der Waals surface area contributed by atoms with E-state index in [0.29, 0.717) is 5.56 Å². The van der Waals surface area contributed by atoms with Crippen molar-refractivity contribution in [3.8, 4) is 0 Å². The van der Waals surface area contributed by atoms with E-state index in [4.69, 9.17) is 5.73 Å². The van der Waals surface area contributed by atoms with Crippen LogP contribution >= 0.6 is 0 Å². The Hall–Kier alpha value is -1.16. The standard InChI is InChI=1S/C11H19N3O4S2/c1-9-5-4-6-10(12)11(9)20(17,18)13-7-8-19(15,16)14(2)3/h4-6,13H,7-8,12H2,1-3H3. The van der Waals surface area contributed by atoms with Crippen molar-refractivity contribution in [1.29, 1.82) is 0 Å². The number of benzene rings is 1. The molecule has 1 aromatic rings. The summed E-state index contributed by atoms with van der Waals surface area (Å²) >= 11 is 0. The van der Waals surface area contributed by atoms with Crippen LogP contribution in [0.3, 0.4) is 0 Å². The molecule has 0 radical (unpaired) electrons. The molecule has 0 spiro atoms. The van der Waals surface area contributed by atoms with Crippen molar-refractivity contribution in [2.75, 3.05) is 32.1 Å². The zero-order valence-electron chi connectivity index (χ0n) is 11.6. The van der Waals surface area contributed by atoms with Gasteiger partial charge in [0.05, 0.1) is 11.4 Å². The van der Waals surface area contributed by atoms with Gasteiger partial charge in [-0.05, 0) is 18.6 Å². The van der Waals surface area contributed by atoms with Crippen LogP contribution in [0.4, 0.5) is 5.69 Å². The Morgan fingerprint density at radius 3 is 2.30 bits per heavy atom. The Bertz CT molecular complexity index is 661. The lowest BCUT2D eigenvalue weighted by molar-refractivity contribution is 0.519. The van der Waals surface area contributed by atoms with Crippen LogP contribution in [-0.4, -0.2) is 47.5 Å². The molecule has 0 bridgehead atoms. The molecular formula is C11H19N3O4S2. The topological polar surface area (TPSA) is 110 Å². The lowest BCUT2D eigenvalue weighted by Crippen LogP contribution is -2.34. The molecule has 0 amide bonds. The van der Waals surface area contributed by atoms with Gasteiger partial charge in [-0.1, -0.05) is 12.1 Å². The lowest BCUT2D eigenvalue weighted by Gasteiger charge is -2.13. The maximum Gasteiger partial charge on any atom is 0.242 e. The van der Waals surface area contributed by atoms with Gasteiger partial charge in [0.25, 0.3) is 0 Å². The van der Waals surface area contributed by atoms with Crippen LogP contribution in [0.1, 0.15) is 5.56 Å². The van der Waals surface area contributed by atoms with Gasteiger partial charge in [0, 0.05) is 20.6 Å². The normalized spacial score (nSPS) is 12.8. The number of rotatable bonds is 6. The van der Waals surface area contributed by atoms with Crippen molar-refractivity contribution in [2.45, 2.75) is 11.8 Å². The Labute approximate surface area is 119 Å². The SMILES string of the molecule is Cc1cccc(N)c1S(=O)(=O)NCCS(=O)(=O)N(C)C. The summed E-state index contributed by atoms with van der Waals surface area (Å²) in [5, 5.41) is 0. The first-order valence-corrected chi connectivity index (χ1v) is 8.92. The van der Waals surface area contributed by atoms with E-state index in [-0.39, 0.29) is 22.9 Å². The maximum absolute atomic E-state index is 12.1. The van der Waals surface area contributed by atoms with Crippen molar-refractivity contribution in [2.24, 2.45) is 0 Å². The monoisotopic (exact) mass is 321 g/mol. The van der Waals surface area contributed by atoms with E-state index in [1.54, 1.807) is 19.1 Å². The van der Waals surface area contributed by atoms with Gasteiger partial charge in [0.1, 0.15) is 4.90 Å². The first-order valence-electron chi connectivity index (χ1n) is 5.83. The van der Waals surface area contributed by atoms with Gasteiger partial charge in [-0.25, -0.2) is 25.9 Å². The summed E-state index contributed by atoms with van der Waals surface area (Å²) in [4.78, 5) is -0.0118. The third kappa shape index (κ3) is 3.92. The van der Waals surface area contributed by atoms with E-state index in [0.717, 1.165) is 4.31 Å². The average molecular weight is 321 g/mol. The quantitative estimate of drug-likeness (QED) is 0.702. The molecule has 0 atom stereocenters. The number of nitrogens with zero attached hydrogens (tertiary/aromatic N) is 1. The predicted molar refractivity (Wildman–Crippen MR) is 78.3 cm³/mol. The minimum Gasteiger partial charge on any atom is -0.398 e. The van der Waals surface area contributed by atoms with Crippen LogP contribution in [0.2, 0.25) is 0 Å². The molecule has 7 nitrogen and oxygen atoms in total. The summed E-state index contributed by atoms with van der Waals surface area (Å²) in [5.41, 5.74) is 6.31. The smallest absolute Gasteiger partial charge is 0.242 e. The van der Waals surface area contributed by atoms with Crippen molar-refractivity contribution >= 4 is 25.7 Å². The number of anilines is 1. The fourth-order valence-corrected chi connectivity index (χ4v) is 3.84. The van der Waals surface area contributed by atoms with Gasteiger partial charge in [-0.3, -0.25) is 0 Å². The first-order chi connectivity index (χ1) is 9.08. The third-order valence-electron chi connectivity index (χ3n) is 2.72. The Kier molecular flexibility index (Phi) is 5.14. The number of aryl methyl sites for hydroxylation is 1. The molecule has 1 aromatic carbocycles. The maximum atomic E-state index is 12.1. The average Bonchev–Trinajstić information content (AvgIpc) is 2.27. The summed E-state index contributed by atoms with van der Waals surface area (Å²) in [6, 6.07) is 4.76. The molecule has 0 aromatic heterocycles. The highest BCUT2D eigenvalue weighted by atomic mass is 32.2. The molecule has 0 aliphatic rings. The van der Waals surface area contributed by atoms with Crippen molar-refractivity contribution in [1.82, 2.24) is 9.03 Å². The molecule has 3 N–H and O–H groups in total. The minimum absolute atomic E-state index is 0.0118. The number of hydrogen-bond donors (Lipinski definition) is 2. The van der Waals surface area contributed by atoms with Crippen LogP contribution in [0.25, 0.3) is 0 Å². The molecule has 0 saturated heterocycles. The van der Waals surface area contributed by atoms with Gasteiger partial charge in [-0.2, -0.15) is 0 Å². The van der Waals surface area contributed by atoms with Crippen LogP contribution in [0.5, 0.6) is 0 Å². The second-order valence-corrected chi connectivity index (χ2v) is 8.50. The predicted octanol–water partition coefficient (Wildman–Crippen LogP) is -0.253. The fourth-order valence-electron chi connectivity index (χ4n) is 1.60. The lowest BCUT2D eigenvalue weighted by atomic mass is 10.2. The zero-order valence-corrected chi connectivity index (χ0v) is 13.3. The van der Waals surface area contributed by atoms with Gasteiger partial charge >= 0.3 is 0 Å². The van der Waals surface area contributed by atoms with Gasteiger partial charge in [0.15, 0.2) is 0 Å². The van der Waals surface area contributed by atoms with Gasteiger partial charge in [0.2, 0.25) is 20.0 Å². The molecule has 0 heterocycles. The van der Waals surface area contributed by atoms with Crippen LogP contribution in [-0.2, 0) is 20.0 Å². The molecule has 9 heteroatoms. The summed E-state index contributed by atoms with van der Waals surface area (Å²) < 4.78 is 50.7. The Morgan fingerprint density at radius 2 is 1.80 bits per heavy atom. The molecule has 0 saturated carbocycles. The zero-order chi connectivity index (χ0) is 15.6. The number of nitrogen functional groups attached to an aromatic ring is 1. The largest absolute Gasteiger partial charge is 0.398 e. The number of sulfonamides is 2. The van der Waals surface area contributed by atoms with Crippen molar-refractivity contribution < 1.29 is 16.8 Å². The van der Waals surface area contributed by atoms with Crippen LogP contribution < -0.4 is 10.5 Å². The number of nitrogens with one attached hydrogen (secondary N) is 1. The van der Waals surface area contributed by atoms with E-state index in [9.17, 15) is 16.8 Å². The highest BCUT2D eigenvalue weighted by molar-refractivity contribution is 7.90. The molecule has 0 unspecified atom stereocenters. The molecule has 0 aliphatic carbocycles. The van der Waals surface area contributed by atoms with E-state index in [1.807, 2.05) is 0 Å². The van der Waals surface area contributed by atoms with Crippen LogP contribution in [0, 0.1) is 6.92 Å². The Balaban J connectivity index is 2.88. The number of hydrogen-bond acceptors (Lipinski definition) is 5. The van der Waals surface area contributed by atoms with Gasteiger partial charge < -0.3 is 5.73 Å². The summed E-state index contributed by atoms with van der Waals surface area (Å²) in [6.45, 7) is 1.41. The molecule has 0 fully saturated rings. The summed E-state index contributed by atoms with van der Waals surface area (Å²) in [7, 11) is -4.49. The van der Waals surface area contributed by atoms with E-state index in [2.05, 4.69) is 4.72 Å². The summed E-state index contributed by atoms with van der Waals surface area (Å²) in [5.74, 6) is -0.314. The van der Waals surface area contributed by atoms with E-state index >= 15 is 0 Å². The molecule has 114 valence electrons. The second kappa shape index (κ2) is 6.08. The van der Waals surface area contributed by atoms with Gasteiger partial charge in [-0.15, -0.1) is 0 Å². The molecule has 0 aliphatic heterocycles. The second-order valence-electron chi connectivity index (χ2n) is 4.49. The van der Waals surface area contributed by atoms with E-state index < -0.39 is 20.0 Å². The van der Waals surface area contributed by atoms with Crippen molar-refractivity contribution in [3.05, 3.63) is 23.8 Å². The highest BCUT2D eigenvalue weighted by Crippen LogP contribution is 2.21. The van der Waals surface area contributed by atoms with E-state index in [1.165, 1.54) is 20.2 Å². The molecular weight excluding hydrogens is 302 g/mol.